The summed E-state index contributed by atoms with van der Waals surface area (Å²) in [5.74, 6) is 0.485. The number of piperazine rings is 1. The average Bonchev–Trinajstić information content (AvgIpc) is 3.38. The lowest BCUT2D eigenvalue weighted by Gasteiger charge is -2.34. The lowest BCUT2D eigenvalue weighted by molar-refractivity contribution is 0.313. The number of hydrogen-bond acceptors (Lipinski definition) is 9. The van der Waals surface area contributed by atoms with Crippen LogP contribution in [0, 0.1) is 6.92 Å². The highest BCUT2D eigenvalue weighted by Crippen LogP contribution is 2.40. The number of pyridine rings is 1. The first-order valence-electron chi connectivity index (χ1n) is 12.9. The van der Waals surface area contributed by atoms with Crippen molar-refractivity contribution < 1.29 is 13.2 Å². The molecule has 0 radical (unpaired) electrons. The van der Waals surface area contributed by atoms with Gasteiger partial charge in [0, 0.05) is 62.4 Å². The highest BCUT2D eigenvalue weighted by atomic mass is 35.5. The Bertz CT molecular complexity index is 1630. The Kier molecular flexibility index (Phi) is 7.92. The van der Waals surface area contributed by atoms with E-state index in [4.69, 9.17) is 16.3 Å². The summed E-state index contributed by atoms with van der Waals surface area (Å²) in [6.07, 6.45) is 4.87. The number of benzene rings is 1. The molecule has 1 aliphatic rings. The highest BCUT2D eigenvalue weighted by Gasteiger charge is 2.24. The number of hydrogen-bond donors (Lipinski definition) is 1. The summed E-state index contributed by atoms with van der Waals surface area (Å²) in [4.78, 5) is 18.0. The monoisotopic (exact) mass is 582 g/mol. The Morgan fingerprint density at radius 2 is 1.85 bits per heavy atom. The fourth-order valence-corrected chi connectivity index (χ4v) is 5.77. The number of rotatable bonds is 8. The molecule has 0 saturated carbocycles. The second kappa shape index (κ2) is 11.4. The molecule has 5 rings (SSSR count). The van der Waals surface area contributed by atoms with Gasteiger partial charge in [-0.2, -0.15) is 10.1 Å². The molecule has 1 aliphatic heterocycles. The van der Waals surface area contributed by atoms with Gasteiger partial charge in [-0.25, -0.2) is 18.1 Å². The third-order valence-corrected chi connectivity index (χ3v) is 8.46. The van der Waals surface area contributed by atoms with Gasteiger partial charge < -0.3 is 14.5 Å². The number of ether oxygens (including phenoxy) is 1. The average molecular weight is 583 g/mol. The molecule has 13 heteroatoms. The Labute approximate surface area is 238 Å². The van der Waals surface area contributed by atoms with Crippen molar-refractivity contribution in [2.75, 3.05) is 42.8 Å². The van der Waals surface area contributed by atoms with Gasteiger partial charge in [-0.05, 0) is 44.7 Å². The van der Waals surface area contributed by atoms with E-state index in [1.807, 2.05) is 32.0 Å². The van der Waals surface area contributed by atoms with E-state index in [1.54, 1.807) is 25.4 Å². The number of halogens is 1. The second-order valence-corrected chi connectivity index (χ2v) is 11.7. The zero-order valence-corrected chi connectivity index (χ0v) is 24.4. The van der Waals surface area contributed by atoms with Crippen molar-refractivity contribution in [3.63, 3.8) is 0 Å². The maximum Gasteiger partial charge on any atom is 0.267 e. The molecule has 0 atom stereocenters. The van der Waals surface area contributed by atoms with Crippen LogP contribution >= 0.6 is 11.6 Å². The van der Waals surface area contributed by atoms with Gasteiger partial charge in [0.2, 0.25) is 11.8 Å². The molecule has 210 valence electrons. The minimum Gasteiger partial charge on any atom is -0.437 e. The summed E-state index contributed by atoms with van der Waals surface area (Å²) in [6, 6.07) is 9.32. The number of nitrogens with one attached hydrogen (secondary N) is 1. The van der Waals surface area contributed by atoms with Crippen molar-refractivity contribution in [1.29, 1.82) is 0 Å². The van der Waals surface area contributed by atoms with Crippen molar-refractivity contribution in [1.82, 2.24) is 29.6 Å². The van der Waals surface area contributed by atoms with Crippen molar-refractivity contribution in [2.24, 2.45) is 7.05 Å². The minimum absolute atomic E-state index is 0.0114. The lowest BCUT2D eigenvalue weighted by atomic mass is 10.0. The zero-order chi connectivity index (χ0) is 28.4. The molecule has 0 bridgehead atoms. The molecule has 1 N–H and O–H groups in total. The summed E-state index contributed by atoms with van der Waals surface area (Å²) < 4.78 is 36.5. The van der Waals surface area contributed by atoms with Crippen molar-refractivity contribution in [3.05, 3.63) is 65.2 Å². The van der Waals surface area contributed by atoms with Crippen LogP contribution in [-0.4, -0.2) is 71.3 Å². The van der Waals surface area contributed by atoms with Crippen molar-refractivity contribution in [2.45, 2.75) is 25.2 Å². The van der Waals surface area contributed by atoms with Crippen LogP contribution in [0.3, 0.4) is 0 Å². The standard InChI is InChI=1S/C27H31ClN8O3S/c1-5-20-25(21-8-7-11-29-18(21)2)31-27(33-40(37,38)19-16-30-35(4)17-19)32-26(20)39-23-10-6-9-22(24(23)28)36-14-12-34(3)13-15-36/h6-11,16-17H,5,12-15H2,1-4H3,(H,31,32,33). The van der Waals surface area contributed by atoms with Crippen LogP contribution < -0.4 is 14.4 Å². The normalized spacial score (nSPS) is 14.4. The van der Waals surface area contributed by atoms with E-state index in [0.29, 0.717) is 28.5 Å². The van der Waals surface area contributed by atoms with Crippen LogP contribution in [0.4, 0.5) is 11.6 Å². The molecule has 1 saturated heterocycles. The molecule has 0 aliphatic carbocycles. The molecule has 1 aromatic carbocycles. The quantitative estimate of drug-likeness (QED) is 0.327. The van der Waals surface area contributed by atoms with Gasteiger partial charge in [-0.1, -0.05) is 24.6 Å². The Balaban J connectivity index is 1.59. The minimum atomic E-state index is -4.01. The van der Waals surface area contributed by atoms with Crippen LogP contribution in [0.5, 0.6) is 11.6 Å². The van der Waals surface area contributed by atoms with Crippen LogP contribution in [-0.2, 0) is 23.5 Å². The van der Waals surface area contributed by atoms with E-state index >= 15 is 0 Å². The molecule has 4 heterocycles. The highest BCUT2D eigenvalue weighted by molar-refractivity contribution is 7.92. The molecule has 11 nitrogen and oxygen atoms in total. The first-order valence-corrected chi connectivity index (χ1v) is 14.8. The number of nitrogens with zero attached hydrogens (tertiary/aromatic N) is 7. The molecular formula is C27H31ClN8O3S. The van der Waals surface area contributed by atoms with Crippen LogP contribution in [0.2, 0.25) is 5.02 Å². The molecule has 0 spiro atoms. The fraction of sp³-hybridized carbons (Fsp3) is 0.333. The van der Waals surface area contributed by atoms with Gasteiger partial charge in [0.05, 0.1) is 17.6 Å². The van der Waals surface area contributed by atoms with Gasteiger partial charge in [0.1, 0.15) is 15.7 Å². The predicted octanol–water partition coefficient (Wildman–Crippen LogP) is 4.14. The van der Waals surface area contributed by atoms with Gasteiger partial charge in [0.15, 0.2) is 0 Å². The van der Waals surface area contributed by atoms with E-state index < -0.39 is 10.0 Å². The number of anilines is 2. The van der Waals surface area contributed by atoms with Gasteiger partial charge >= 0.3 is 0 Å². The largest absolute Gasteiger partial charge is 0.437 e. The summed E-state index contributed by atoms with van der Waals surface area (Å²) in [7, 11) is -0.272. The van der Waals surface area contributed by atoms with Crippen molar-refractivity contribution >= 4 is 33.3 Å². The van der Waals surface area contributed by atoms with E-state index in [1.165, 1.54) is 17.1 Å². The first kappa shape index (κ1) is 27.8. The Morgan fingerprint density at radius 3 is 2.52 bits per heavy atom. The summed E-state index contributed by atoms with van der Waals surface area (Å²) in [6.45, 7) is 7.38. The Hall–Kier alpha value is -3.74. The van der Waals surface area contributed by atoms with Crippen LogP contribution in [0.15, 0.2) is 53.8 Å². The van der Waals surface area contributed by atoms with Gasteiger partial charge in [-0.15, -0.1) is 0 Å². The number of aryl methyl sites for hydroxylation is 2. The lowest BCUT2D eigenvalue weighted by Crippen LogP contribution is -2.44. The van der Waals surface area contributed by atoms with Crippen LogP contribution in [0.25, 0.3) is 11.3 Å². The van der Waals surface area contributed by atoms with E-state index in [0.717, 1.165) is 43.1 Å². The maximum absolute atomic E-state index is 13.1. The van der Waals surface area contributed by atoms with E-state index in [9.17, 15) is 8.42 Å². The molecule has 4 aromatic rings. The zero-order valence-electron chi connectivity index (χ0n) is 22.8. The number of likely N-dealkylation sites (N-methyl/N-ethyl adjacent to an activating group) is 1. The number of aromatic nitrogens is 5. The Morgan fingerprint density at radius 1 is 1.07 bits per heavy atom. The topological polar surface area (TPSA) is 118 Å². The number of sulfonamides is 1. The fourth-order valence-electron chi connectivity index (χ4n) is 4.56. The first-order chi connectivity index (χ1) is 19.2. The van der Waals surface area contributed by atoms with E-state index in [2.05, 4.69) is 41.6 Å². The SMILES string of the molecule is CCc1c(Oc2cccc(N3CCN(C)CC3)c2Cl)nc(NS(=O)(=O)c2cnn(C)c2)nc1-c1cccnc1C. The van der Waals surface area contributed by atoms with E-state index in [-0.39, 0.29) is 16.7 Å². The molecule has 0 unspecified atom stereocenters. The molecule has 1 fully saturated rings. The van der Waals surface area contributed by atoms with Crippen molar-refractivity contribution in [3.8, 4) is 22.9 Å². The third-order valence-electron chi connectivity index (χ3n) is 6.80. The second-order valence-electron chi connectivity index (χ2n) is 9.61. The smallest absolute Gasteiger partial charge is 0.267 e. The molecule has 40 heavy (non-hydrogen) atoms. The predicted molar refractivity (Wildman–Crippen MR) is 155 cm³/mol. The molecule has 3 aromatic heterocycles. The molecule has 0 amide bonds. The van der Waals surface area contributed by atoms with Gasteiger partial charge in [0.25, 0.3) is 10.0 Å². The van der Waals surface area contributed by atoms with Crippen LogP contribution in [0.1, 0.15) is 18.2 Å². The maximum atomic E-state index is 13.1. The third kappa shape index (κ3) is 5.74. The summed E-state index contributed by atoms with van der Waals surface area (Å²) >= 11 is 6.88. The summed E-state index contributed by atoms with van der Waals surface area (Å²) in [5.41, 5.74) is 3.57. The summed E-state index contributed by atoms with van der Waals surface area (Å²) in [5, 5.41) is 4.43. The molecular weight excluding hydrogens is 552 g/mol. The van der Waals surface area contributed by atoms with Gasteiger partial charge in [-0.3, -0.25) is 9.67 Å².